The Kier molecular flexibility index (Phi) is 5.87. The third-order valence-corrected chi connectivity index (χ3v) is 3.75. The number of benzene rings is 1. The van der Waals surface area contributed by atoms with Crippen LogP contribution in [-0.2, 0) is 4.79 Å². The molecule has 3 N–H and O–H groups in total. The summed E-state index contributed by atoms with van der Waals surface area (Å²) in [5.41, 5.74) is 1.01. The molecule has 0 saturated carbocycles. The molecule has 0 aliphatic heterocycles. The van der Waals surface area contributed by atoms with Crippen LogP contribution in [0.15, 0.2) is 41.8 Å². The Morgan fingerprint density at radius 3 is 2.39 bits per heavy atom. The number of carbonyl (C=O) groups excluding carboxylic acids is 3. The molecule has 2 rings (SSSR count). The number of amides is 3. The Hall–Kier alpha value is -2.67. The zero-order chi connectivity index (χ0) is 16.7. The Balaban J connectivity index is 1.78. The fraction of sp³-hybridized carbons (Fsp3) is 0.188. The molecular formula is C16H17N3O3S. The molecular weight excluding hydrogens is 314 g/mol. The van der Waals surface area contributed by atoms with Crippen molar-refractivity contribution in [3.63, 3.8) is 0 Å². The van der Waals surface area contributed by atoms with E-state index in [1.54, 1.807) is 30.3 Å². The van der Waals surface area contributed by atoms with Crippen LogP contribution in [0.5, 0.6) is 0 Å². The lowest BCUT2D eigenvalue weighted by Crippen LogP contribution is -2.34. The maximum absolute atomic E-state index is 12.0. The Morgan fingerprint density at radius 2 is 1.74 bits per heavy atom. The topological polar surface area (TPSA) is 87.3 Å². The first kappa shape index (κ1) is 16.7. The van der Waals surface area contributed by atoms with Gasteiger partial charge >= 0.3 is 0 Å². The molecule has 0 unspecified atom stereocenters. The molecule has 1 aromatic heterocycles. The van der Waals surface area contributed by atoms with Crippen LogP contribution in [0.4, 0.5) is 5.69 Å². The third-order valence-electron chi connectivity index (χ3n) is 2.89. The van der Waals surface area contributed by atoms with Crippen LogP contribution in [-0.4, -0.2) is 30.8 Å². The first-order chi connectivity index (χ1) is 11.1. The molecule has 0 atom stereocenters. The molecule has 0 spiro atoms. The van der Waals surface area contributed by atoms with Crippen molar-refractivity contribution in [1.82, 2.24) is 10.6 Å². The van der Waals surface area contributed by atoms with E-state index in [0.717, 1.165) is 0 Å². The summed E-state index contributed by atoms with van der Waals surface area (Å²) < 4.78 is 0. The van der Waals surface area contributed by atoms with E-state index in [4.69, 9.17) is 0 Å². The second kappa shape index (κ2) is 8.09. The number of rotatable bonds is 6. The lowest BCUT2D eigenvalue weighted by atomic mass is 10.2. The number of nitrogens with one attached hydrogen (secondary N) is 3. The van der Waals surface area contributed by atoms with Gasteiger partial charge in [-0.3, -0.25) is 14.4 Å². The Morgan fingerprint density at radius 1 is 1.00 bits per heavy atom. The van der Waals surface area contributed by atoms with E-state index in [1.807, 2.05) is 11.4 Å². The van der Waals surface area contributed by atoms with Crippen LogP contribution in [0, 0.1) is 0 Å². The van der Waals surface area contributed by atoms with Gasteiger partial charge < -0.3 is 16.0 Å². The summed E-state index contributed by atoms with van der Waals surface area (Å²) in [5.74, 6) is -0.608. The van der Waals surface area contributed by atoms with E-state index < -0.39 is 0 Å². The fourth-order valence-electron chi connectivity index (χ4n) is 1.89. The molecule has 7 heteroatoms. The average molecular weight is 331 g/mol. The molecule has 0 aliphatic rings. The summed E-state index contributed by atoms with van der Waals surface area (Å²) in [4.78, 5) is 35.4. The number of anilines is 1. The van der Waals surface area contributed by atoms with Crippen molar-refractivity contribution in [3.05, 3.63) is 52.2 Å². The van der Waals surface area contributed by atoms with Gasteiger partial charge in [0, 0.05) is 31.3 Å². The molecule has 23 heavy (non-hydrogen) atoms. The van der Waals surface area contributed by atoms with Crippen LogP contribution < -0.4 is 16.0 Å². The van der Waals surface area contributed by atoms with Crippen molar-refractivity contribution < 1.29 is 14.4 Å². The van der Waals surface area contributed by atoms with Crippen molar-refractivity contribution in [2.45, 2.75) is 6.92 Å². The van der Waals surface area contributed by atoms with Gasteiger partial charge in [-0.05, 0) is 29.6 Å². The molecule has 0 radical (unpaired) electrons. The lowest BCUT2D eigenvalue weighted by molar-refractivity contribution is -0.114. The van der Waals surface area contributed by atoms with Crippen LogP contribution in [0.2, 0.25) is 0 Å². The van der Waals surface area contributed by atoms with Crippen molar-refractivity contribution in [2.24, 2.45) is 0 Å². The minimum Gasteiger partial charge on any atom is -0.350 e. The molecule has 3 amide bonds. The maximum Gasteiger partial charge on any atom is 0.261 e. The van der Waals surface area contributed by atoms with Crippen LogP contribution in [0.1, 0.15) is 27.0 Å². The highest BCUT2D eigenvalue weighted by Crippen LogP contribution is 2.10. The van der Waals surface area contributed by atoms with Gasteiger partial charge in [0.05, 0.1) is 4.88 Å². The molecule has 2 aromatic rings. The normalized spacial score (nSPS) is 9.96. The van der Waals surface area contributed by atoms with E-state index in [9.17, 15) is 14.4 Å². The van der Waals surface area contributed by atoms with Gasteiger partial charge in [0.25, 0.3) is 11.8 Å². The Bertz CT molecular complexity index is 698. The van der Waals surface area contributed by atoms with Crippen LogP contribution >= 0.6 is 11.3 Å². The van der Waals surface area contributed by atoms with E-state index >= 15 is 0 Å². The molecule has 6 nitrogen and oxygen atoms in total. The molecule has 0 fully saturated rings. The first-order valence-corrected chi connectivity index (χ1v) is 7.92. The maximum atomic E-state index is 12.0. The highest BCUT2D eigenvalue weighted by Gasteiger charge is 2.08. The van der Waals surface area contributed by atoms with Gasteiger partial charge in [-0.25, -0.2) is 0 Å². The van der Waals surface area contributed by atoms with Gasteiger partial charge in [0.1, 0.15) is 0 Å². The van der Waals surface area contributed by atoms with E-state index in [-0.39, 0.29) is 17.7 Å². The van der Waals surface area contributed by atoms with Crippen LogP contribution in [0.3, 0.4) is 0 Å². The summed E-state index contributed by atoms with van der Waals surface area (Å²) in [6.45, 7) is 2.07. The minimum absolute atomic E-state index is 0.151. The Labute approximate surface area is 137 Å². The third kappa shape index (κ3) is 5.23. The van der Waals surface area contributed by atoms with Gasteiger partial charge in [0.15, 0.2) is 0 Å². The predicted molar refractivity (Wildman–Crippen MR) is 89.7 cm³/mol. The summed E-state index contributed by atoms with van der Waals surface area (Å²) in [6.07, 6.45) is 0. The van der Waals surface area contributed by atoms with Gasteiger partial charge in [0.2, 0.25) is 5.91 Å². The van der Waals surface area contributed by atoms with Gasteiger partial charge in [-0.1, -0.05) is 12.1 Å². The van der Waals surface area contributed by atoms with Gasteiger partial charge in [-0.2, -0.15) is 0 Å². The lowest BCUT2D eigenvalue weighted by Gasteiger charge is -2.08. The summed E-state index contributed by atoms with van der Waals surface area (Å²) in [7, 11) is 0. The number of carbonyl (C=O) groups is 3. The molecule has 0 saturated heterocycles. The van der Waals surface area contributed by atoms with Crippen molar-refractivity contribution in [3.8, 4) is 0 Å². The molecule has 120 valence electrons. The summed E-state index contributed by atoms with van der Waals surface area (Å²) in [5, 5.41) is 9.90. The minimum atomic E-state index is -0.262. The monoisotopic (exact) mass is 331 g/mol. The van der Waals surface area contributed by atoms with Gasteiger partial charge in [-0.15, -0.1) is 11.3 Å². The average Bonchev–Trinajstić information content (AvgIpc) is 3.05. The zero-order valence-electron chi connectivity index (χ0n) is 12.6. The second-order valence-electron chi connectivity index (χ2n) is 4.75. The van der Waals surface area contributed by atoms with E-state index in [0.29, 0.717) is 29.2 Å². The molecule has 1 aromatic carbocycles. The SMILES string of the molecule is CC(=O)Nc1cccc(C(=O)NCCNC(=O)c2cccs2)c1. The summed E-state index contributed by atoms with van der Waals surface area (Å²) in [6, 6.07) is 10.2. The van der Waals surface area contributed by atoms with Crippen molar-refractivity contribution in [1.29, 1.82) is 0 Å². The standard InChI is InChI=1S/C16H17N3O3S/c1-11(20)19-13-5-2-4-12(10-13)15(21)17-7-8-18-16(22)14-6-3-9-23-14/h2-6,9-10H,7-8H2,1H3,(H,17,21)(H,18,22)(H,19,20). The molecule has 1 heterocycles. The van der Waals surface area contributed by atoms with E-state index in [1.165, 1.54) is 18.3 Å². The number of hydrogen-bond acceptors (Lipinski definition) is 4. The van der Waals surface area contributed by atoms with E-state index in [2.05, 4.69) is 16.0 Å². The zero-order valence-corrected chi connectivity index (χ0v) is 13.4. The number of thiophene rings is 1. The second-order valence-corrected chi connectivity index (χ2v) is 5.70. The van der Waals surface area contributed by atoms with Crippen molar-refractivity contribution >= 4 is 34.7 Å². The van der Waals surface area contributed by atoms with Crippen molar-refractivity contribution in [2.75, 3.05) is 18.4 Å². The summed E-state index contributed by atoms with van der Waals surface area (Å²) >= 11 is 1.36. The smallest absolute Gasteiger partial charge is 0.261 e. The highest BCUT2D eigenvalue weighted by atomic mass is 32.1. The largest absolute Gasteiger partial charge is 0.350 e. The quantitative estimate of drug-likeness (QED) is 0.706. The fourth-order valence-corrected chi connectivity index (χ4v) is 2.53. The predicted octanol–water partition coefficient (Wildman–Crippen LogP) is 1.87. The molecule has 0 bridgehead atoms. The first-order valence-electron chi connectivity index (χ1n) is 7.04. The molecule has 0 aliphatic carbocycles. The number of hydrogen-bond donors (Lipinski definition) is 3. The highest BCUT2D eigenvalue weighted by molar-refractivity contribution is 7.12. The van der Waals surface area contributed by atoms with Crippen LogP contribution in [0.25, 0.3) is 0 Å².